The quantitative estimate of drug-likeness (QED) is 0.616. The van der Waals surface area contributed by atoms with Gasteiger partial charge in [-0.3, -0.25) is 9.59 Å². The van der Waals surface area contributed by atoms with Crippen LogP contribution in [-0.4, -0.2) is 22.2 Å². The Morgan fingerprint density at radius 1 is 1.38 bits per heavy atom. The summed E-state index contributed by atoms with van der Waals surface area (Å²) >= 11 is 0. The molecule has 0 saturated carbocycles. The Balaban J connectivity index is 4.18. The van der Waals surface area contributed by atoms with Gasteiger partial charge in [-0.1, -0.05) is 19.1 Å². The molecule has 2 N–H and O–H groups in total. The van der Waals surface area contributed by atoms with Crippen molar-refractivity contribution in [1.82, 2.24) is 0 Å². The summed E-state index contributed by atoms with van der Waals surface area (Å²) in [6, 6.07) is 0. The molecule has 0 aliphatic heterocycles. The van der Waals surface area contributed by atoms with Gasteiger partial charge in [-0.05, 0) is 12.8 Å². The second-order valence-corrected chi connectivity index (χ2v) is 2.84. The number of hydrogen-bond acceptors (Lipinski definition) is 2. The van der Waals surface area contributed by atoms with Gasteiger partial charge in [-0.2, -0.15) is 0 Å². The van der Waals surface area contributed by atoms with Crippen molar-refractivity contribution in [2.45, 2.75) is 26.2 Å². The molecule has 0 radical (unpaired) electrons. The minimum absolute atomic E-state index is 0.122. The molecular formula is C9H14O4. The summed E-state index contributed by atoms with van der Waals surface area (Å²) in [5.41, 5.74) is 0.578. The highest BCUT2D eigenvalue weighted by atomic mass is 16.4. The average Bonchev–Trinajstić information content (AvgIpc) is 2.03. The van der Waals surface area contributed by atoms with Crippen LogP contribution in [0.4, 0.5) is 0 Å². The fraction of sp³-hybridized carbons (Fsp3) is 0.556. The zero-order chi connectivity index (χ0) is 10.4. The van der Waals surface area contributed by atoms with Crippen molar-refractivity contribution >= 4 is 11.9 Å². The lowest BCUT2D eigenvalue weighted by molar-refractivity contribution is -0.141. The van der Waals surface area contributed by atoms with E-state index in [9.17, 15) is 9.59 Å². The van der Waals surface area contributed by atoms with Crippen molar-refractivity contribution in [3.63, 3.8) is 0 Å². The predicted octanol–water partition coefficient (Wildman–Crippen LogP) is 1.52. The largest absolute Gasteiger partial charge is 0.481 e. The maximum absolute atomic E-state index is 10.7. The summed E-state index contributed by atoms with van der Waals surface area (Å²) < 4.78 is 0. The normalized spacial score (nSPS) is 12.1. The molecular weight excluding hydrogens is 172 g/mol. The Labute approximate surface area is 76.9 Å². The first-order valence-electron chi connectivity index (χ1n) is 4.11. The van der Waals surface area contributed by atoms with Crippen LogP contribution >= 0.6 is 0 Å². The standard InChI is InChI=1S/C9H14O4/c1-3-6(2)7(9(12)13)4-5-8(10)11/h7H,2-5H2,1H3,(H,10,11)(H,12,13). The average molecular weight is 186 g/mol. The number of hydrogen-bond donors (Lipinski definition) is 2. The van der Waals surface area contributed by atoms with E-state index in [0.717, 1.165) is 0 Å². The Morgan fingerprint density at radius 3 is 2.23 bits per heavy atom. The van der Waals surface area contributed by atoms with Crippen molar-refractivity contribution in [2.24, 2.45) is 5.92 Å². The molecule has 13 heavy (non-hydrogen) atoms. The maximum Gasteiger partial charge on any atom is 0.310 e. The first-order valence-corrected chi connectivity index (χ1v) is 4.11. The van der Waals surface area contributed by atoms with Crippen LogP contribution in [0.25, 0.3) is 0 Å². The molecule has 0 amide bonds. The van der Waals surface area contributed by atoms with Gasteiger partial charge in [-0.25, -0.2) is 0 Å². The molecule has 74 valence electrons. The molecule has 4 heteroatoms. The van der Waals surface area contributed by atoms with Crippen LogP contribution in [0.1, 0.15) is 26.2 Å². The third-order valence-electron chi connectivity index (χ3n) is 1.89. The Bertz CT molecular complexity index is 220. The van der Waals surface area contributed by atoms with Gasteiger partial charge in [-0.15, -0.1) is 0 Å². The molecule has 0 fully saturated rings. The first kappa shape index (κ1) is 11.7. The predicted molar refractivity (Wildman–Crippen MR) is 47.4 cm³/mol. The van der Waals surface area contributed by atoms with Crippen molar-refractivity contribution in [3.05, 3.63) is 12.2 Å². The molecule has 0 aromatic carbocycles. The molecule has 0 rings (SSSR count). The van der Waals surface area contributed by atoms with E-state index >= 15 is 0 Å². The lowest BCUT2D eigenvalue weighted by atomic mass is 9.94. The van der Waals surface area contributed by atoms with Crippen LogP contribution in [-0.2, 0) is 9.59 Å². The molecule has 1 unspecified atom stereocenters. The first-order chi connectivity index (χ1) is 5.99. The van der Waals surface area contributed by atoms with E-state index in [1.807, 2.05) is 0 Å². The van der Waals surface area contributed by atoms with E-state index in [0.29, 0.717) is 12.0 Å². The minimum Gasteiger partial charge on any atom is -0.481 e. The summed E-state index contributed by atoms with van der Waals surface area (Å²) in [6.07, 6.45) is 0.559. The molecule has 4 nitrogen and oxygen atoms in total. The van der Waals surface area contributed by atoms with E-state index in [1.165, 1.54) is 0 Å². The Morgan fingerprint density at radius 2 is 1.92 bits per heavy atom. The summed E-state index contributed by atoms with van der Waals surface area (Å²) in [5.74, 6) is -2.69. The van der Waals surface area contributed by atoms with Gasteiger partial charge >= 0.3 is 11.9 Å². The van der Waals surface area contributed by atoms with Gasteiger partial charge in [0.25, 0.3) is 0 Å². The van der Waals surface area contributed by atoms with E-state index in [-0.39, 0.29) is 12.8 Å². The number of carboxylic acids is 2. The van der Waals surface area contributed by atoms with Gasteiger partial charge in [0.1, 0.15) is 0 Å². The van der Waals surface area contributed by atoms with Gasteiger partial charge in [0.15, 0.2) is 0 Å². The van der Waals surface area contributed by atoms with Gasteiger partial charge < -0.3 is 10.2 Å². The van der Waals surface area contributed by atoms with Gasteiger partial charge in [0.05, 0.1) is 5.92 Å². The lowest BCUT2D eigenvalue weighted by Gasteiger charge is -2.12. The number of aliphatic carboxylic acids is 2. The zero-order valence-corrected chi connectivity index (χ0v) is 7.62. The third kappa shape index (κ3) is 4.30. The fourth-order valence-electron chi connectivity index (χ4n) is 1.02. The highest BCUT2D eigenvalue weighted by Crippen LogP contribution is 2.18. The second-order valence-electron chi connectivity index (χ2n) is 2.84. The molecule has 0 aromatic heterocycles. The number of rotatable bonds is 6. The van der Waals surface area contributed by atoms with E-state index in [2.05, 4.69) is 6.58 Å². The lowest BCUT2D eigenvalue weighted by Crippen LogP contribution is -2.16. The second kappa shape index (κ2) is 5.35. The summed E-state index contributed by atoms with van der Waals surface area (Å²) in [6.45, 7) is 5.40. The Kier molecular flexibility index (Phi) is 4.80. The molecule has 0 aliphatic carbocycles. The van der Waals surface area contributed by atoms with Crippen molar-refractivity contribution in [3.8, 4) is 0 Å². The third-order valence-corrected chi connectivity index (χ3v) is 1.89. The van der Waals surface area contributed by atoms with Crippen molar-refractivity contribution < 1.29 is 19.8 Å². The fourth-order valence-corrected chi connectivity index (χ4v) is 1.02. The maximum atomic E-state index is 10.7. The van der Waals surface area contributed by atoms with Crippen LogP contribution in [0.3, 0.4) is 0 Å². The molecule has 0 heterocycles. The van der Waals surface area contributed by atoms with E-state index in [1.54, 1.807) is 6.92 Å². The monoisotopic (exact) mass is 186 g/mol. The van der Waals surface area contributed by atoms with Gasteiger partial charge in [0.2, 0.25) is 0 Å². The van der Waals surface area contributed by atoms with Crippen LogP contribution in [0.2, 0.25) is 0 Å². The topological polar surface area (TPSA) is 74.6 Å². The summed E-state index contributed by atoms with van der Waals surface area (Å²) in [7, 11) is 0. The summed E-state index contributed by atoms with van der Waals surface area (Å²) in [5, 5.41) is 17.1. The van der Waals surface area contributed by atoms with Crippen LogP contribution in [0.5, 0.6) is 0 Å². The van der Waals surface area contributed by atoms with Crippen LogP contribution in [0.15, 0.2) is 12.2 Å². The number of carboxylic acid groups (broad SMARTS) is 2. The molecule has 0 aromatic rings. The van der Waals surface area contributed by atoms with Gasteiger partial charge in [0, 0.05) is 6.42 Å². The zero-order valence-electron chi connectivity index (χ0n) is 7.62. The minimum atomic E-state index is -0.992. The van der Waals surface area contributed by atoms with Crippen LogP contribution in [0, 0.1) is 5.92 Å². The molecule has 0 saturated heterocycles. The Hall–Kier alpha value is -1.32. The molecule has 0 aliphatic rings. The molecule has 0 spiro atoms. The number of carbonyl (C=O) groups is 2. The van der Waals surface area contributed by atoms with Crippen molar-refractivity contribution in [2.75, 3.05) is 0 Å². The highest BCUT2D eigenvalue weighted by molar-refractivity contribution is 5.74. The molecule has 0 bridgehead atoms. The SMILES string of the molecule is C=C(CC)C(CCC(=O)O)C(=O)O. The van der Waals surface area contributed by atoms with Crippen molar-refractivity contribution in [1.29, 1.82) is 0 Å². The molecule has 1 atom stereocenters. The van der Waals surface area contributed by atoms with E-state index < -0.39 is 17.9 Å². The summed E-state index contributed by atoms with van der Waals surface area (Å²) in [4.78, 5) is 20.9. The van der Waals surface area contributed by atoms with Crippen LogP contribution < -0.4 is 0 Å². The highest BCUT2D eigenvalue weighted by Gasteiger charge is 2.20. The smallest absolute Gasteiger partial charge is 0.310 e. The van der Waals surface area contributed by atoms with E-state index in [4.69, 9.17) is 10.2 Å².